The van der Waals surface area contributed by atoms with Crippen LogP contribution in [0.4, 0.5) is 0 Å². The van der Waals surface area contributed by atoms with Crippen LogP contribution in [0.1, 0.15) is 36.3 Å². The molecule has 2 rings (SSSR count). The quantitative estimate of drug-likeness (QED) is 0.619. The van der Waals surface area contributed by atoms with Gasteiger partial charge in [-0.15, -0.1) is 0 Å². The van der Waals surface area contributed by atoms with E-state index >= 15 is 0 Å². The Kier molecular flexibility index (Phi) is 4.07. The minimum absolute atomic E-state index is 0.125. The van der Waals surface area contributed by atoms with E-state index in [0.717, 1.165) is 29.9 Å². The standard InChI is InChI=1S/C13H19N5/c1-3-7-18-8-6-16-13(18)12(17-14)11-9-15-5-4-10(11)2/h4-6,8-9,12,17H,3,7,14H2,1-2H3. The Labute approximate surface area is 107 Å². The summed E-state index contributed by atoms with van der Waals surface area (Å²) in [7, 11) is 0. The first-order chi connectivity index (χ1) is 8.77. The maximum Gasteiger partial charge on any atom is 0.131 e. The lowest BCUT2D eigenvalue weighted by molar-refractivity contribution is 0.542. The van der Waals surface area contributed by atoms with Crippen molar-refractivity contribution >= 4 is 0 Å². The van der Waals surface area contributed by atoms with Gasteiger partial charge in [0.25, 0.3) is 0 Å². The molecule has 1 unspecified atom stereocenters. The number of nitrogens with two attached hydrogens (primary N) is 1. The topological polar surface area (TPSA) is 68.8 Å². The summed E-state index contributed by atoms with van der Waals surface area (Å²) in [4.78, 5) is 8.58. The van der Waals surface area contributed by atoms with Crippen molar-refractivity contribution in [2.75, 3.05) is 0 Å². The second-order valence-corrected chi connectivity index (χ2v) is 4.31. The van der Waals surface area contributed by atoms with Crippen molar-refractivity contribution in [2.45, 2.75) is 32.9 Å². The van der Waals surface area contributed by atoms with Crippen molar-refractivity contribution in [3.8, 4) is 0 Å². The molecule has 0 spiro atoms. The number of aryl methyl sites for hydroxylation is 2. The Morgan fingerprint density at radius 1 is 1.44 bits per heavy atom. The van der Waals surface area contributed by atoms with E-state index in [4.69, 9.17) is 5.84 Å². The largest absolute Gasteiger partial charge is 0.333 e. The molecule has 0 bridgehead atoms. The highest BCUT2D eigenvalue weighted by Gasteiger charge is 2.19. The Morgan fingerprint density at radius 2 is 2.28 bits per heavy atom. The van der Waals surface area contributed by atoms with Crippen molar-refractivity contribution in [1.82, 2.24) is 20.0 Å². The molecule has 0 radical (unpaired) electrons. The molecule has 0 fully saturated rings. The van der Waals surface area contributed by atoms with E-state index in [1.165, 1.54) is 0 Å². The summed E-state index contributed by atoms with van der Waals surface area (Å²) in [6.07, 6.45) is 8.47. The minimum Gasteiger partial charge on any atom is -0.333 e. The molecule has 2 aromatic heterocycles. The maximum atomic E-state index is 5.70. The summed E-state index contributed by atoms with van der Waals surface area (Å²) < 4.78 is 2.12. The number of hydrogen-bond acceptors (Lipinski definition) is 4. The Balaban J connectivity index is 2.39. The van der Waals surface area contributed by atoms with Gasteiger partial charge in [-0.2, -0.15) is 0 Å². The number of hydrogen-bond donors (Lipinski definition) is 2. The Morgan fingerprint density at radius 3 is 2.94 bits per heavy atom. The highest BCUT2D eigenvalue weighted by atomic mass is 15.3. The SMILES string of the molecule is CCCn1ccnc1C(NN)c1cnccc1C. The number of hydrazine groups is 1. The molecule has 0 amide bonds. The summed E-state index contributed by atoms with van der Waals surface area (Å²) in [5.41, 5.74) is 5.05. The van der Waals surface area contributed by atoms with Crippen LogP contribution >= 0.6 is 0 Å². The molecule has 0 aromatic carbocycles. The average molecular weight is 245 g/mol. The zero-order valence-electron chi connectivity index (χ0n) is 10.8. The van der Waals surface area contributed by atoms with Crippen LogP contribution in [-0.4, -0.2) is 14.5 Å². The molecule has 0 aliphatic heterocycles. The van der Waals surface area contributed by atoms with E-state index < -0.39 is 0 Å². The first kappa shape index (κ1) is 12.7. The lowest BCUT2D eigenvalue weighted by Crippen LogP contribution is -2.31. The molecular formula is C13H19N5. The second-order valence-electron chi connectivity index (χ2n) is 4.31. The molecule has 2 aromatic rings. The van der Waals surface area contributed by atoms with Gasteiger partial charge in [0, 0.05) is 31.3 Å². The predicted molar refractivity (Wildman–Crippen MR) is 70.7 cm³/mol. The fraction of sp³-hybridized carbons (Fsp3) is 0.385. The number of rotatable bonds is 5. The molecule has 5 nitrogen and oxygen atoms in total. The smallest absolute Gasteiger partial charge is 0.131 e. The van der Waals surface area contributed by atoms with Crippen LogP contribution in [0, 0.1) is 6.92 Å². The molecule has 0 saturated carbocycles. The molecule has 5 heteroatoms. The number of pyridine rings is 1. The van der Waals surface area contributed by atoms with E-state index in [1.807, 2.05) is 18.5 Å². The van der Waals surface area contributed by atoms with Crippen LogP contribution < -0.4 is 11.3 Å². The summed E-state index contributed by atoms with van der Waals surface area (Å²) in [5, 5.41) is 0. The van der Waals surface area contributed by atoms with Crippen molar-refractivity contribution in [3.05, 3.63) is 47.8 Å². The van der Waals surface area contributed by atoms with Gasteiger partial charge in [-0.05, 0) is 30.5 Å². The molecule has 0 aliphatic carbocycles. The van der Waals surface area contributed by atoms with Crippen LogP contribution in [0.2, 0.25) is 0 Å². The van der Waals surface area contributed by atoms with Crippen LogP contribution in [0.3, 0.4) is 0 Å². The van der Waals surface area contributed by atoms with Gasteiger partial charge in [0.1, 0.15) is 11.9 Å². The lowest BCUT2D eigenvalue weighted by atomic mass is 10.0. The van der Waals surface area contributed by atoms with Gasteiger partial charge < -0.3 is 4.57 Å². The van der Waals surface area contributed by atoms with Gasteiger partial charge in [0.15, 0.2) is 0 Å². The summed E-state index contributed by atoms with van der Waals surface area (Å²) in [6.45, 7) is 5.13. The van der Waals surface area contributed by atoms with E-state index in [2.05, 4.69) is 33.8 Å². The molecule has 2 heterocycles. The van der Waals surface area contributed by atoms with E-state index in [1.54, 1.807) is 12.4 Å². The summed E-state index contributed by atoms with van der Waals surface area (Å²) in [5.74, 6) is 6.63. The van der Waals surface area contributed by atoms with Crippen LogP contribution in [0.5, 0.6) is 0 Å². The second kappa shape index (κ2) is 5.75. The van der Waals surface area contributed by atoms with Crippen molar-refractivity contribution in [1.29, 1.82) is 0 Å². The first-order valence-corrected chi connectivity index (χ1v) is 6.15. The van der Waals surface area contributed by atoms with Crippen molar-refractivity contribution in [3.63, 3.8) is 0 Å². The fourth-order valence-corrected chi connectivity index (χ4v) is 2.09. The van der Waals surface area contributed by atoms with Crippen LogP contribution in [-0.2, 0) is 6.54 Å². The lowest BCUT2D eigenvalue weighted by Gasteiger charge is -2.19. The van der Waals surface area contributed by atoms with Gasteiger partial charge in [-0.3, -0.25) is 10.8 Å². The Hall–Kier alpha value is -1.72. The summed E-state index contributed by atoms with van der Waals surface area (Å²) in [6, 6.07) is 1.85. The van der Waals surface area contributed by atoms with Crippen LogP contribution in [0.25, 0.3) is 0 Å². The van der Waals surface area contributed by atoms with Crippen molar-refractivity contribution < 1.29 is 0 Å². The molecule has 18 heavy (non-hydrogen) atoms. The van der Waals surface area contributed by atoms with Gasteiger partial charge in [-0.1, -0.05) is 6.92 Å². The van der Waals surface area contributed by atoms with Gasteiger partial charge >= 0.3 is 0 Å². The third-order valence-electron chi connectivity index (χ3n) is 3.03. The van der Waals surface area contributed by atoms with E-state index in [-0.39, 0.29) is 6.04 Å². The van der Waals surface area contributed by atoms with Gasteiger partial charge in [-0.25, -0.2) is 10.4 Å². The number of imidazole rings is 1. The zero-order chi connectivity index (χ0) is 13.0. The molecule has 0 saturated heterocycles. The molecule has 1 atom stereocenters. The van der Waals surface area contributed by atoms with E-state index in [9.17, 15) is 0 Å². The average Bonchev–Trinajstić information content (AvgIpc) is 2.82. The monoisotopic (exact) mass is 245 g/mol. The van der Waals surface area contributed by atoms with Crippen LogP contribution in [0.15, 0.2) is 30.9 Å². The first-order valence-electron chi connectivity index (χ1n) is 6.15. The number of nitrogens with one attached hydrogen (secondary N) is 1. The maximum absolute atomic E-state index is 5.70. The molecule has 0 aliphatic rings. The predicted octanol–water partition coefficient (Wildman–Crippen LogP) is 1.55. The highest BCUT2D eigenvalue weighted by Crippen LogP contribution is 2.22. The third-order valence-corrected chi connectivity index (χ3v) is 3.03. The number of aromatic nitrogens is 3. The van der Waals surface area contributed by atoms with Gasteiger partial charge in [0.05, 0.1) is 0 Å². The summed E-state index contributed by atoms with van der Waals surface area (Å²) >= 11 is 0. The van der Waals surface area contributed by atoms with Gasteiger partial charge in [0.2, 0.25) is 0 Å². The Bertz CT molecular complexity index is 506. The number of nitrogens with zero attached hydrogens (tertiary/aromatic N) is 3. The molecular weight excluding hydrogens is 226 g/mol. The normalized spacial score (nSPS) is 12.6. The third kappa shape index (κ3) is 2.42. The molecule has 3 N–H and O–H groups in total. The fourth-order valence-electron chi connectivity index (χ4n) is 2.09. The zero-order valence-corrected chi connectivity index (χ0v) is 10.8. The van der Waals surface area contributed by atoms with Crippen molar-refractivity contribution in [2.24, 2.45) is 5.84 Å². The highest BCUT2D eigenvalue weighted by molar-refractivity contribution is 5.29. The minimum atomic E-state index is -0.125. The molecule has 96 valence electrons. The van der Waals surface area contributed by atoms with E-state index in [0.29, 0.717) is 0 Å².